The Hall–Kier alpha value is -3.07. The number of halogens is 3. The molecule has 0 unspecified atom stereocenters. The van der Waals surface area contributed by atoms with Crippen LogP contribution in [0.5, 0.6) is 0 Å². The van der Waals surface area contributed by atoms with Crippen LogP contribution in [0.4, 0.5) is 19.3 Å². The summed E-state index contributed by atoms with van der Waals surface area (Å²) in [5.41, 5.74) is 1.25. The molecule has 0 aliphatic heterocycles. The molecule has 0 fully saturated rings. The normalized spacial score (nSPS) is 10.7. The molecule has 1 amide bonds. The van der Waals surface area contributed by atoms with Crippen LogP contribution in [-0.2, 0) is 11.2 Å². The maximum Gasteiger partial charge on any atom is 0.411 e. The molecular weight excluding hydrogens is 460 g/mol. The number of hydrogen-bond acceptors (Lipinski definition) is 4. The van der Waals surface area contributed by atoms with Gasteiger partial charge in [-0.1, -0.05) is 19.1 Å². The van der Waals surface area contributed by atoms with E-state index < -0.39 is 17.7 Å². The van der Waals surface area contributed by atoms with Crippen molar-refractivity contribution in [1.29, 1.82) is 0 Å². The number of carbonyl (C=O) groups excluding carboxylic acids is 1. The molecule has 0 saturated heterocycles. The highest BCUT2D eigenvalue weighted by atomic mass is 79.9. The minimum atomic E-state index is -0.777. The summed E-state index contributed by atoms with van der Waals surface area (Å²) >= 11 is 2.83. The van der Waals surface area contributed by atoms with E-state index in [1.54, 1.807) is 24.3 Å². The van der Waals surface area contributed by atoms with Crippen molar-refractivity contribution in [3.05, 3.63) is 86.2 Å². The Bertz CT molecular complexity index is 1110. The number of hydrogen-bond donors (Lipinski definition) is 1. The Morgan fingerprint density at radius 3 is 2.63 bits per heavy atom. The van der Waals surface area contributed by atoms with Crippen LogP contribution in [0.3, 0.4) is 0 Å². The predicted molar refractivity (Wildman–Crippen MR) is 112 cm³/mol. The molecule has 3 aromatic rings. The van der Waals surface area contributed by atoms with E-state index in [2.05, 4.69) is 26.3 Å². The fraction of sp³-hybridized carbons (Fsp3) is 0.190. The first-order valence-electron chi connectivity index (χ1n) is 9.14. The van der Waals surface area contributed by atoms with Crippen molar-refractivity contribution in [2.24, 2.45) is 0 Å². The average Bonchev–Trinajstić information content (AvgIpc) is 2.72. The highest BCUT2D eigenvalue weighted by Gasteiger charge is 2.12. The minimum absolute atomic E-state index is 0.142. The summed E-state index contributed by atoms with van der Waals surface area (Å²) in [6.45, 7) is 2.21. The van der Waals surface area contributed by atoms with Crippen LogP contribution in [0.1, 0.15) is 24.6 Å². The van der Waals surface area contributed by atoms with Crippen LogP contribution in [0.15, 0.2) is 57.9 Å². The second-order valence-electron chi connectivity index (χ2n) is 6.43. The standard InChI is InChI=1S/C21H18BrF2N3O3/c1-2-8-30-21(29)25-14-5-3-4-13(9-14)10-18-19(28)6-7-27(26-18)15-11-16(23)20(22)17(24)12-15/h3-7,9,11-12H,2,8,10H2,1H3,(H,25,29). The number of nitrogens with one attached hydrogen (secondary N) is 1. The second-order valence-corrected chi connectivity index (χ2v) is 7.23. The molecular formula is C21H18BrF2N3O3. The number of nitrogens with zero attached hydrogens (tertiary/aromatic N) is 2. The van der Waals surface area contributed by atoms with Gasteiger partial charge in [0.25, 0.3) is 0 Å². The lowest BCUT2D eigenvalue weighted by atomic mass is 10.1. The van der Waals surface area contributed by atoms with Gasteiger partial charge >= 0.3 is 6.09 Å². The molecule has 6 nitrogen and oxygen atoms in total. The summed E-state index contributed by atoms with van der Waals surface area (Å²) < 4.78 is 33.6. The SMILES string of the molecule is CCCOC(=O)Nc1cccc(Cc2nn(-c3cc(F)c(Br)c(F)c3)ccc2=O)c1. The Kier molecular flexibility index (Phi) is 6.94. The van der Waals surface area contributed by atoms with Gasteiger partial charge in [-0.15, -0.1) is 0 Å². The lowest BCUT2D eigenvalue weighted by Gasteiger charge is -2.10. The van der Waals surface area contributed by atoms with E-state index in [1.165, 1.54) is 16.9 Å². The van der Waals surface area contributed by atoms with Gasteiger partial charge in [0.1, 0.15) is 17.3 Å². The van der Waals surface area contributed by atoms with Crippen molar-refractivity contribution in [2.75, 3.05) is 11.9 Å². The molecule has 3 rings (SSSR count). The van der Waals surface area contributed by atoms with Crippen LogP contribution in [0, 0.1) is 11.6 Å². The Morgan fingerprint density at radius 2 is 1.93 bits per heavy atom. The third kappa shape index (κ3) is 5.29. The first-order chi connectivity index (χ1) is 14.4. The zero-order valence-electron chi connectivity index (χ0n) is 16.0. The van der Waals surface area contributed by atoms with E-state index in [1.807, 2.05) is 6.92 Å². The topological polar surface area (TPSA) is 73.2 Å². The molecule has 156 valence electrons. The maximum absolute atomic E-state index is 13.8. The Balaban J connectivity index is 1.84. The van der Waals surface area contributed by atoms with E-state index in [0.717, 1.165) is 17.7 Å². The molecule has 0 saturated carbocycles. The molecule has 1 aromatic heterocycles. The minimum Gasteiger partial charge on any atom is -0.449 e. The number of ether oxygens (including phenoxy) is 1. The van der Waals surface area contributed by atoms with Crippen LogP contribution in [-0.4, -0.2) is 22.5 Å². The van der Waals surface area contributed by atoms with Crippen molar-refractivity contribution < 1.29 is 18.3 Å². The van der Waals surface area contributed by atoms with Gasteiger partial charge in [0.2, 0.25) is 5.43 Å². The third-order valence-electron chi connectivity index (χ3n) is 4.10. The molecule has 0 radical (unpaired) electrons. The molecule has 2 aromatic carbocycles. The van der Waals surface area contributed by atoms with E-state index in [0.29, 0.717) is 18.7 Å². The van der Waals surface area contributed by atoms with Crippen molar-refractivity contribution in [2.45, 2.75) is 19.8 Å². The largest absolute Gasteiger partial charge is 0.449 e. The molecule has 9 heteroatoms. The predicted octanol–water partition coefficient (Wildman–Crippen LogP) is 4.82. The first kappa shape index (κ1) is 21.6. The van der Waals surface area contributed by atoms with Crippen molar-refractivity contribution in [3.63, 3.8) is 0 Å². The van der Waals surface area contributed by atoms with Gasteiger partial charge in [-0.05, 0) is 40.0 Å². The highest BCUT2D eigenvalue weighted by molar-refractivity contribution is 9.10. The van der Waals surface area contributed by atoms with E-state index in [9.17, 15) is 18.4 Å². The Morgan fingerprint density at radius 1 is 1.20 bits per heavy atom. The molecule has 1 N–H and O–H groups in total. The summed E-state index contributed by atoms with van der Waals surface area (Å²) in [4.78, 5) is 24.0. The summed E-state index contributed by atoms with van der Waals surface area (Å²) in [6.07, 6.45) is 1.66. The number of aromatic nitrogens is 2. The van der Waals surface area contributed by atoms with Crippen LogP contribution < -0.4 is 10.7 Å². The zero-order chi connectivity index (χ0) is 21.7. The number of benzene rings is 2. The van der Waals surface area contributed by atoms with Gasteiger partial charge in [-0.25, -0.2) is 18.3 Å². The zero-order valence-corrected chi connectivity index (χ0v) is 17.6. The summed E-state index contributed by atoms with van der Waals surface area (Å²) in [5, 5.41) is 6.84. The average molecular weight is 478 g/mol. The van der Waals surface area contributed by atoms with E-state index >= 15 is 0 Å². The fourth-order valence-electron chi connectivity index (χ4n) is 2.69. The molecule has 0 spiro atoms. The molecule has 0 bridgehead atoms. The van der Waals surface area contributed by atoms with Crippen LogP contribution in [0.2, 0.25) is 0 Å². The van der Waals surface area contributed by atoms with Gasteiger partial charge in [-0.3, -0.25) is 10.1 Å². The molecule has 0 aliphatic carbocycles. The number of carbonyl (C=O) groups is 1. The van der Waals surface area contributed by atoms with Crippen molar-refractivity contribution in [1.82, 2.24) is 9.78 Å². The van der Waals surface area contributed by atoms with Crippen LogP contribution in [0.25, 0.3) is 5.69 Å². The number of rotatable bonds is 6. The van der Waals surface area contributed by atoms with E-state index in [-0.39, 0.29) is 27.7 Å². The maximum atomic E-state index is 13.8. The van der Waals surface area contributed by atoms with Crippen molar-refractivity contribution >= 4 is 27.7 Å². The summed E-state index contributed by atoms with van der Waals surface area (Å²) in [6, 6.07) is 10.4. The molecule has 0 aliphatic rings. The monoisotopic (exact) mass is 477 g/mol. The van der Waals surface area contributed by atoms with Gasteiger partial charge in [0.05, 0.1) is 16.8 Å². The molecule has 0 atom stereocenters. The lowest BCUT2D eigenvalue weighted by molar-refractivity contribution is 0.161. The van der Waals surface area contributed by atoms with Gasteiger partial charge < -0.3 is 4.74 Å². The van der Waals surface area contributed by atoms with Gasteiger partial charge in [0, 0.05) is 36.5 Å². The summed E-state index contributed by atoms with van der Waals surface area (Å²) in [5.74, 6) is -1.55. The summed E-state index contributed by atoms with van der Waals surface area (Å²) in [7, 11) is 0. The number of anilines is 1. The third-order valence-corrected chi connectivity index (χ3v) is 4.85. The highest BCUT2D eigenvalue weighted by Crippen LogP contribution is 2.22. The quantitative estimate of drug-likeness (QED) is 0.516. The first-order valence-corrected chi connectivity index (χ1v) is 9.93. The smallest absolute Gasteiger partial charge is 0.411 e. The molecule has 1 heterocycles. The van der Waals surface area contributed by atoms with Crippen LogP contribution >= 0.6 is 15.9 Å². The second kappa shape index (κ2) is 9.62. The van der Waals surface area contributed by atoms with Gasteiger partial charge in [-0.2, -0.15) is 5.10 Å². The van der Waals surface area contributed by atoms with Crippen molar-refractivity contribution in [3.8, 4) is 5.69 Å². The Labute approximate surface area is 179 Å². The van der Waals surface area contributed by atoms with E-state index in [4.69, 9.17) is 4.74 Å². The number of amides is 1. The molecule has 30 heavy (non-hydrogen) atoms. The van der Waals surface area contributed by atoms with Gasteiger partial charge in [0.15, 0.2) is 0 Å². The lowest BCUT2D eigenvalue weighted by Crippen LogP contribution is -2.17. The fourth-order valence-corrected chi connectivity index (χ4v) is 2.92.